The van der Waals surface area contributed by atoms with E-state index in [-0.39, 0.29) is 33.2 Å². The van der Waals surface area contributed by atoms with Crippen LogP contribution in [0.1, 0.15) is 43.2 Å². The third-order valence-electron chi connectivity index (χ3n) is 4.05. The van der Waals surface area contributed by atoms with Crippen LogP contribution in [0.3, 0.4) is 0 Å². The van der Waals surface area contributed by atoms with E-state index in [2.05, 4.69) is 0 Å². The highest BCUT2D eigenvalue weighted by molar-refractivity contribution is 7.89. The molecule has 1 aromatic carbocycles. The highest BCUT2D eigenvalue weighted by Crippen LogP contribution is 2.35. The van der Waals surface area contributed by atoms with Crippen molar-refractivity contribution in [3.05, 3.63) is 49.0 Å². The van der Waals surface area contributed by atoms with Gasteiger partial charge in [-0.1, -0.05) is 20.8 Å². The number of nitrogens with two attached hydrogens (primary N) is 1. The van der Waals surface area contributed by atoms with E-state index in [1.54, 1.807) is 20.8 Å². The Morgan fingerprint density at radius 2 is 1.89 bits per heavy atom. The van der Waals surface area contributed by atoms with E-state index >= 15 is 0 Å². The van der Waals surface area contributed by atoms with E-state index < -0.39 is 31.6 Å². The zero-order chi connectivity index (χ0) is 20.9. The number of aryl methyl sites for hydroxylation is 1. The Balaban J connectivity index is 3.00. The van der Waals surface area contributed by atoms with Crippen LogP contribution in [0.25, 0.3) is 5.69 Å². The van der Waals surface area contributed by atoms with Crippen LogP contribution in [-0.2, 0) is 21.3 Å². The molecule has 0 radical (unpaired) electrons. The summed E-state index contributed by atoms with van der Waals surface area (Å²) >= 11 is 5.89. The Hall–Kier alpha value is -2.17. The highest BCUT2D eigenvalue weighted by Gasteiger charge is 2.33. The van der Waals surface area contributed by atoms with Gasteiger partial charge in [-0.2, -0.15) is 0 Å². The van der Waals surface area contributed by atoms with Crippen molar-refractivity contribution < 1.29 is 17.9 Å². The molecule has 27 heavy (non-hydrogen) atoms. The highest BCUT2D eigenvalue weighted by atomic mass is 35.5. The van der Waals surface area contributed by atoms with Crippen LogP contribution < -0.4 is 10.7 Å². The van der Waals surface area contributed by atoms with Crippen molar-refractivity contribution in [2.24, 2.45) is 5.14 Å². The monoisotopic (exact) mass is 417 g/mol. The predicted octanol–water partition coefficient (Wildman–Crippen LogP) is 2.64. The van der Waals surface area contributed by atoms with Gasteiger partial charge in [-0.25, -0.2) is 13.6 Å². The third kappa shape index (κ3) is 3.64. The maximum absolute atomic E-state index is 12.8. The van der Waals surface area contributed by atoms with E-state index in [9.17, 15) is 23.3 Å². The zero-order valence-corrected chi connectivity index (χ0v) is 17.1. The van der Waals surface area contributed by atoms with Crippen molar-refractivity contribution in [1.29, 1.82) is 0 Å². The number of hydrogen-bond acceptors (Lipinski definition) is 6. The summed E-state index contributed by atoms with van der Waals surface area (Å²) in [4.78, 5) is 23.3. The first-order valence-corrected chi connectivity index (χ1v) is 9.93. The summed E-state index contributed by atoms with van der Waals surface area (Å²) < 4.78 is 30.1. The molecule has 0 saturated heterocycles. The van der Waals surface area contributed by atoms with Gasteiger partial charge in [0, 0.05) is 11.0 Å². The lowest BCUT2D eigenvalue weighted by molar-refractivity contribution is -0.385. The van der Waals surface area contributed by atoms with Crippen LogP contribution >= 0.6 is 11.6 Å². The van der Waals surface area contributed by atoms with Crippen LogP contribution in [0.4, 0.5) is 5.69 Å². The largest absolute Gasteiger partial charge is 0.375 e. The molecule has 0 aliphatic heterocycles. The van der Waals surface area contributed by atoms with Gasteiger partial charge < -0.3 is 4.52 Å². The minimum absolute atomic E-state index is 0.136. The summed E-state index contributed by atoms with van der Waals surface area (Å²) in [5.41, 5.74) is -1.82. The van der Waals surface area contributed by atoms with Crippen molar-refractivity contribution >= 4 is 27.3 Å². The fourth-order valence-electron chi connectivity index (χ4n) is 3.03. The number of nitro groups is 1. The van der Waals surface area contributed by atoms with Crippen LogP contribution in [0, 0.1) is 24.0 Å². The number of nitrogens with zero attached hydrogens (tertiary/aromatic N) is 2. The molecule has 0 amide bonds. The number of sulfonamides is 1. The molecule has 2 N–H and O–H groups in total. The number of hydrogen-bond donors (Lipinski definition) is 1. The first-order chi connectivity index (χ1) is 12.2. The second kappa shape index (κ2) is 6.77. The molecule has 0 atom stereocenters. The lowest BCUT2D eigenvalue weighted by atomic mass is 9.91. The number of halogens is 1. The quantitative estimate of drug-likeness (QED) is 0.460. The van der Waals surface area contributed by atoms with Gasteiger partial charge in [0.1, 0.15) is 5.76 Å². The molecule has 2 rings (SSSR count). The minimum atomic E-state index is -4.20. The molecule has 148 valence electrons. The Morgan fingerprint density at radius 3 is 2.26 bits per heavy atom. The Kier molecular flexibility index (Phi) is 5.30. The summed E-state index contributed by atoms with van der Waals surface area (Å²) in [6, 6.07) is 1.19. The first kappa shape index (κ1) is 21.1. The van der Waals surface area contributed by atoms with Gasteiger partial charge in [-0.3, -0.25) is 14.9 Å². The molecule has 2 aromatic rings. The fourth-order valence-corrected chi connectivity index (χ4v) is 4.30. The molecule has 9 nitrogen and oxygen atoms in total. The second-order valence-electron chi connectivity index (χ2n) is 7.20. The van der Waals surface area contributed by atoms with Gasteiger partial charge in [-0.05, 0) is 25.5 Å². The van der Waals surface area contributed by atoms with Gasteiger partial charge in [0.25, 0.3) is 5.56 Å². The first-order valence-electron chi connectivity index (χ1n) is 7.85. The van der Waals surface area contributed by atoms with E-state index in [0.717, 1.165) is 4.74 Å². The molecule has 0 unspecified atom stereocenters. The number of benzene rings is 1. The number of aromatic nitrogens is 1. The molecule has 0 aliphatic rings. The molecule has 1 aromatic heterocycles. The van der Waals surface area contributed by atoms with E-state index in [4.69, 9.17) is 21.3 Å². The topological polar surface area (TPSA) is 138 Å². The van der Waals surface area contributed by atoms with E-state index in [0.29, 0.717) is 5.76 Å². The molecule has 11 heteroatoms. The summed E-state index contributed by atoms with van der Waals surface area (Å²) in [6.45, 7) is 8.11. The third-order valence-corrected chi connectivity index (χ3v) is 5.51. The molecular formula is C16H20ClN3O6S. The zero-order valence-electron chi connectivity index (χ0n) is 15.5. The smallest absolute Gasteiger partial charge is 0.300 e. The Labute approximate surface area is 160 Å². The summed E-state index contributed by atoms with van der Waals surface area (Å²) in [5.74, 6) is 0.158. The van der Waals surface area contributed by atoms with Crippen molar-refractivity contribution in [3.63, 3.8) is 0 Å². The Bertz CT molecular complexity index is 1090. The van der Waals surface area contributed by atoms with Crippen molar-refractivity contribution in [1.82, 2.24) is 4.74 Å². The average Bonchev–Trinajstić information content (AvgIpc) is 2.81. The summed E-state index contributed by atoms with van der Waals surface area (Å²) in [5, 5.41) is 16.9. The van der Waals surface area contributed by atoms with Crippen LogP contribution in [-0.4, -0.2) is 18.1 Å². The molecule has 0 saturated carbocycles. The second-order valence-corrected chi connectivity index (χ2v) is 8.97. The predicted molar refractivity (Wildman–Crippen MR) is 100 cm³/mol. The molecule has 1 heterocycles. The maximum atomic E-state index is 12.8. The van der Waals surface area contributed by atoms with Crippen molar-refractivity contribution in [2.75, 3.05) is 0 Å². The summed E-state index contributed by atoms with van der Waals surface area (Å²) in [7, 11) is -4.20. The number of alkyl halides is 1. The molecule has 0 bridgehead atoms. The molecule has 0 aliphatic carbocycles. The lowest BCUT2D eigenvalue weighted by Gasteiger charge is -2.15. The van der Waals surface area contributed by atoms with Gasteiger partial charge in [0.15, 0.2) is 5.69 Å². The SMILES string of the molecule is Cc1cc(-n2oc(C(C)(C)C)c(CCl)c2=O)c([N+](=O)[O-])c(C)c1S(N)(=O)=O. The summed E-state index contributed by atoms with van der Waals surface area (Å²) in [6.07, 6.45) is 0. The van der Waals surface area contributed by atoms with Gasteiger partial charge in [-0.15, -0.1) is 16.3 Å². The van der Waals surface area contributed by atoms with Crippen molar-refractivity contribution in [3.8, 4) is 5.69 Å². The van der Waals surface area contributed by atoms with Gasteiger partial charge in [0.2, 0.25) is 10.0 Å². The molecule has 0 fully saturated rings. The van der Waals surface area contributed by atoms with Gasteiger partial charge in [0.05, 0.1) is 21.3 Å². The van der Waals surface area contributed by atoms with Crippen LogP contribution in [0.2, 0.25) is 0 Å². The van der Waals surface area contributed by atoms with E-state index in [1.807, 2.05) is 0 Å². The maximum Gasteiger partial charge on any atom is 0.300 e. The van der Waals surface area contributed by atoms with Crippen LogP contribution in [0.5, 0.6) is 0 Å². The minimum Gasteiger partial charge on any atom is -0.375 e. The molecule has 0 spiro atoms. The van der Waals surface area contributed by atoms with Crippen molar-refractivity contribution in [2.45, 2.75) is 50.8 Å². The van der Waals surface area contributed by atoms with E-state index in [1.165, 1.54) is 19.9 Å². The lowest BCUT2D eigenvalue weighted by Crippen LogP contribution is -2.20. The van der Waals surface area contributed by atoms with Crippen LogP contribution in [0.15, 0.2) is 20.3 Å². The van der Waals surface area contributed by atoms with Gasteiger partial charge >= 0.3 is 5.69 Å². The molecular weight excluding hydrogens is 398 g/mol. The number of rotatable bonds is 4. The average molecular weight is 418 g/mol. The Morgan fingerprint density at radius 1 is 1.33 bits per heavy atom. The standard InChI is InChI=1S/C16H20ClN3O6S/c1-8-6-11(12(20(22)23)9(2)13(8)27(18,24)25)19-15(21)10(7-17)14(26-19)16(3,4)5/h6H,7H2,1-5H3,(H2,18,24,25). The normalized spacial score (nSPS) is 12.4. The number of primary sulfonamides is 1. The number of nitro benzene ring substituents is 1. The fraction of sp³-hybridized carbons (Fsp3) is 0.438.